The topological polar surface area (TPSA) is 60.6 Å². The molecule has 6 heteroatoms. The zero-order valence-electron chi connectivity index (χ0n) is 12.8. The summed E-state index contributed by atoms with van der Waals surface area (Å²) < 4.78 is 3.94. The smallest absolute Gasteiger partial charge is 0.138 e. The summed E-state index contributed by atoms with van der Waals surface area (Å²) in [5, 5.41) is 12.3. The number of aromatic nitrogens is 5. The average molecular weight is 276 g/mol. The van der Waals surface area contributed by atoms with E-state index in [9.17, 15) is 0 Å². The molecule has 0 radical (unpaired) electrons. The van der Waals surface area contributed by atoms with Gasteiger partial charge in [0.2, 0.25) is 0 Å². The van der Waals surface area contributed by atoms with E-state index in [1.54, 1.807) is 6.33 Å². The van der Waals surface area contributed by atoms with Gasteiger partial charge in [0.25, 0.3) is 0 Å². The lowest BCUT2D eigenvalue weighted by atomic mass is 10.1. The van der Waals surface area contributed by atoms with Gasteiger partial charge >= 0.3 is 0 Å². The Morgan fingerprint density at radius 2 is 2.15 bits per heavy atom. The van der Waals surface area contributed by atoms with Crippen molar-refractivity contribution in [2.75, 3.05) is 6.54 Å². The van der Waals surface area contributed by atoms with Gasteiger partial charge in [-0.25, -0.2) is 4.98 Å². The summed E-state index contributed by atoms with van der Waals surface area (Å²) in [5.41, 5.74) is 2.23. The van der Waals surface area contributed by atoms with E-state index in [-0.39, 0.29) is 6.04 Å². The molecule has 1 unspecified atom stereocenters. The third-order valence-corrected chi connectivity index (χ3v) is 3.36. The van der Waals surface area contributed by atoms with E-state index in [0.29, 0.717) is 0 Å². The molecule has 0 aliphatic carbocycles. The lowest BCUT2D eigenvalue weighted by Gasteiger charge is -2.18. The Labute approximate surface area is 120 Å². The van der Waals surface area contributed by atoms with Gasteiger partial charge in [-0.1, -0.05) is 13.8 Å². The molecule has 0 aromatic carbocycles. The zero-order valence-corrected chi connectivity index (χ0v) is 12.8. The van der Waals surface area contributed by atoms with Crippen molar-refractivity contribution in [1.29, 1.82) is 0 Å². The van der Waals surface area contributed by atoms with Crippen molar-refractivity contribution in [2.45, 2.75) is 46.2 Å². The summed E-state index contributed by atoms with van der Waals surface area (Å²) in [5.74, 6) is 1.02. The second-order valence-electron chi connectivity index (χ2n) is 5.05. The van der Waals surface area contributed by atoms with Crippen LogP contribution in [0.5, 0.6) is 0 Å². The van der Waals surface area contributed by atoms with E-state index < -0.39 is 0 Å². The monoisotopic (exact) mass is 276 g/mol. The van der Waals surface area contributed by atoms with Crippen LogP contribution in [0, 0.1) is 6.92 Å². The molecule has 0 aliphatic rings. The predicted molar refractivity (Wildman–Crippen MR) is 78.4 cm³/mol. The molecule has 0 amide bonds. The summed E-state index contributed by atoms with van der Waals surface area (Å²) >= 11 is 0. The van der Waals surface area contributed by atoms with Crippen LogP contribution in [0.15, 0.2) is 12.4 Å². The Hall–Kier alpha value is -1.69. The van der Waals surface area contributed by atoms with Crippen LogP contribution >= 0.6 is 0 Å². The van der Waals surface area contributed by atoms with Gasteiger partial charge in [0, 0.05) is 20.0 Å². The van der Waals surface area contributed by atoms with Gasteiger partial charge in [0.15, 0.2) is 0 Å². The van der Waals surface area contributed by atoms with Crippen molar-refractivity contribution in [3.8, 4) is 0 Å². The maximum absolute atomic E-state index is 4.44. The molecule has 2 heterocycles. The van der Waals surface area contributed by atoms with Gasteiger partial charge in [-0.05, 0) is 26.0 Å². The van der Waals surface area contributed by atoms with Crippen molar-refractivity contribution in [3.05, 3.63) is 29.6 Å². The molecule has 2 rings (SSSR count). The van der Waals surface area contributed by atoms with E-state index in [2.05, 4.69) is 40.4 Å². The molecule has 0 saturated carbocycles. The molecule has 1 atom stereocenters. The van der Waals surface area contributed by atoms with Crippen molar-refractivity contribution in [1.82, 2.24) is 29.9 Å². The molecule has 20 heavy (non-hydrogen) atoms. The van der Waals surface area contributed by atoms with Gasteiger partial charge in [-0.2, -0.15) is 10.2 Å². The summed E-state index contributed by atoms with van der Waals surface area (Å²) in [4.78, 5) is 4.40. The van der Waals surface area contributed by atoms with E-state index >= 15 is 0 Å². The summed E-state index contributed by atoms with van der Waals surface area (Å²) in [7, 11) is 1.99. The van der Waals surface area contributed by atoms with E-state index in [4.69, 9.17) is 0 Å². The first-order valence-corrected chi connectivity index (χ1v) is 7.26. The van der Waals surface area contributed by atoms with Crippen LogP contribution in [0.3, 0.4) is 0 Å². The second kappa shape index (κ2) is 6.65. The van der Waals surface area contributed by atoms with Gasteiger partial charge in [-0.15, -0.1) is 0 Å². The Kier molecular flexibility index (Phi) is 4.89. The summed E-state index contributed by atoms with van der Waals surface area (Å²) in [6.45, 7) is 8.12. The molecule has 0 fully saturated rings. The number of hydrogen-bond donors (Lipinski definition) is 1. The van der Waals surface area contributed by atoms with Gasteiger partial charge in [-0.3, -0.25) is 9.36 Å². The molecule has 6 nitrogen and oxygen atoms in total. The third-order valence-electron chi connectivity index (χ3n) is 3.36. The number of hydrogen-bond acceptors (Lipinski definition) is 4. The lowest BCUT2D eigenvalue weighted by molar-refractivity contribution is 0.474. The molecule has 2 aromatic heterocycles. The molecule has 2 aromatic rings. The van der Waals surface area contributed by atoms with Crippen molar-refractivity contribution in [2.24, 2.45) is 7.05 Å². The first-order valence-electron chi connectivity index (χ1n) is 7.26. The highest BCUT2D eigenvalue weighted by Crippen LogP contribution is 2.18. The van der Waals surface area contributed by atoms with Crippen LogP contribution < -0.4 is 5.32 Å². The highest BCUT2D eigenvalue weighted by molar-refractivity contribution is 5.14. The molecule has 110 valence electrons. The second-order valence-corrected chi connectivity index (χ2v) is 5.05. The molecule has 0 aliphatic heterocycles. The highest BCUT2D eigenvalue weighted by Gasteiger charge is 2.18. The standard InChI is InChI=1S/C14H24N6/c1-5-7-20-14(16-10-17-20)9-12(15-6-2)13-8-11(3)18-19(13)4/h8,10,12,15H,5-7,9H2,1-4H3. The minimum absolute atomic E-state index is 0.214. The van der Waals surface area contributed by atoms with Crippen molar-refractivity contribution < 1.29 is 0 Å². The molecule has 0 saturated heterocycles. The first-order chi connectivity index (χ1) is 9.65. The fourth-order valence-electron chi connectivity index (χ4n) is 2.51. The van der Waals surface area contributed by atoms with Crippen LogP contribution in [0.4, 0.5) is 0 Å². The molecule has 1 N–H and O–H groups in total. The SMILES string of the molecule is CCCn1ncnc1CC(NCC)c1cc(C)nn1C. The Morgan fingerprint density at radius 1 is 1.35 bits per heavy atom. The maximum Gasteiger partial charge on any atom is 0.138 e. The fraction of sp³-hybridized carbons (Fsp3) is 0.643. The van der Waals surface area contributed by atoms with Gasteiger partial charge in [0.1, 0.15) is 12.2 Å². The van der Waals surface area contributed by atoms with Gasteiger partial charge in [0.05, 0.1) is 17.4 Å². The Morgan fingerprint density at radius 3 is 2.75 bits per heavy atom. The van der Waals surface area contributed by atoms with Crippen LogP contribution in [-0.2, 0) is 20.0 Å². The molecular weight excluding hydrogens is 252 g/mol. The minimum atomic E-state index is 0.214. The normalized spacial score (nSPS) is 12.8. The average Bonchev–Trinajstić information content (AvgIpc) is 2.96. The van der Waals surface area contributed by atoms with Gasteiger partial charge < -0.3 is 5.32 Å². The Bertz CT molecular complexity index is 542. The molecular formula is C14H24N6. The number of likely N-dealkylation sites (N-methyl/N-ethyl adjacent to an activating group) is 1. The lowest BCUT2D eigenvalue weighted by Crippen LogP contribution is -2.26. The largest absolute Gasteiger partial charge is 0.309 e. The quantitative estimate of drug-likeness (QED) is 0.835. The van der Waals surface area contributed by atoms with E-state index in [1.807, 2.05) is 23.3 Å². The van der Waals surface area contributed by atoms with E-state index in [0.717, 1.165) is 37.4 Å². The fourth-order valence-corrected chi connectivity index (χ4v) is 2.51. The first kappa shape index (κ1) is 14.7. The number of rotatable bonds is 7. The van der Waals surface area contributed by atoms with Crippen LogP contribution in [0.25, 0.3) is 0 Å². The number of nitrogens with zero attached hydrogens (tertiary/aromatic N) is 5. The maximum atomic E-state index is 4.44. The van der Waals surface area contributed by atoms with Crippen LogP contribution in [0.2, 0.25) is 0 Å². The van der Waals surface area contributed by atoms with Crippen LogP contribution in [-0.4, -0.2) is 31.1 Å². The zero-order chi connectivity index (χ0) is 14.5. The molecule has 0 spiro atoms. The van der Waals surface area contributed by atoms with Crippen molar-refractivity contribution >= 4 is 0 Å². The third kappa shape index (κ3) is 3.25. The Balaban J connectivity index is 2.21. The number of aryl methyl sites for hydroxylation is 3. The summed E-state index contributed by atoms with van der Waals surface area (Å²) in [6.07, 6.45) is 3.53. The summed E-state index contributed by atoms with van der Waals surface area (Å²) in [6, 6.07) is 2.35. The molecule has 0 bridgehead atoms. The minimum Gasteiger partial charge on any atom is -0.309 e. The van der Waals surface area contributed by atoms with E-state index in [1.165, 1.54) is 5.69 Å². The van der Waals surface area contributed by atoms with Crippen molar-refractivity contribution in [3.63, 3.8) is 0 Å². The predicted octanol–water partition coefficient (Wildman–Crippen LogP) is 1.62. The highest BCUT2D eigenvalue weighted by atomic mass is 15.3. The van der Waals surface area contributed by atoms with Crippen LogP contribution in [0.1, 0.15) is 43.5 Å². The number of nitrogens with one attached hydrogen (secondary N) is 1.